The molecule has 1 aromatic rings. The van der Waals surface area contributed by atoms with E-state index in [0.29, 0.717) is 5.75 Å². The maximum Gasteiger partial charge on any atom is 0.269 e. The molecule has 0 bridgehead atoms. The maximum absolute atomic E-state index is 10.8. The number of hydrogen-bond acceptors (Lipinski definition) is 5. The van der Waals surface area contributed by atoms with Gasteiger partial charge in [0.2, 0.25) is 0 Å². The molecule has 1 unspecified atom stereocenters. The van der Waals surface area contributed by atoms with Crippen molar-refractivity contribution in [3.63, 3.8) is 0 Å². The van der Waals surface area contributed by atoms with Gasteiger partial charge in [0.25, 0.3) is 5.69 Å². The molecule has 19 heavy (non-hydrogen) atoms. The van der Waals surface area contributed by atoms with Gasteiger partial charge in [-0.2, -0.15) is 11.8 Å². The van der Waals surface area contributed by atoms with Crippen molar-refractivity contribution in [1.82, 2.24) is 0 Å². The fourth-order valence-electron chi connectivity index (χ4n) is 1.53. The molecular weight excluding hydrogens is 264 g/mol. The number of anilines is 1. The molecule has 0 aliphatic carbocycles. The van der Waals surface area contributed by atoms with E-state index in [9.17, 15) is 10.1 Å². The number of rotatable bonds is 8. The quantitative estimate of drug-likeness (QED) is 0.567. The van der Waals surface area contributed by atoms with Crippen molar-refractivity contribution in [2.24, 2.45) is 0 Å². The smallest absolute Gasteiger partial charge is 0.269 e. The van der Waals surface area contributed by atoms with Crippen LogP contribution in [0.15, 0.2) is 18.2 Å². The van der Waals surface area contributed by atoms with E-state index in [-0.39, 0.29) is 22.5 Å². The van der Waals surface area contributed by atoms with Gasteiger partial charge in [-0.05, 0) is 18.1 Å². The van der Waals surface area contributed by atoms with Crippen LogP contribution in [-0.4, -0.2) is 28.4 Å². The Bertz CT molecular complexity index is 426. The van der Waals surface area contributed by atoms with E-state index in [0.717, 1.165) is 24.2 Å². The molecule has 0 spiro atoms. The molecule has 0 amide bonds. The van der Waals surface area contributed by atoms with E-state index < -0.39 is 0 Å². The molecule has 0 aliphatic heterocycles. The van der Waals surface area contributed by atoms with Crippen molar-refractivity contribution in [3.05, 3.63) is 33.9 Å². The van der Waals surface area contributed by atoms with E-state index in [1.165, 1.54) is 6.07 Å². The molecule has 0 aromatic heterocycles. The molecule has 0 radical (unpaired) electrons. The number of nitro benzene ring substituents is 1. The van der Waals surface area contributed by atoms with Gasteiger partial charge in [0, 0.05) is 35.4 Å². The van der Waals surface area contributed by atoms with Crippen LogP contribution in [0.1, 0.15) is 25.8 Å². The first-order valence-electron chi connectivity index (χ1n) is 6.32. The first-order chi connectivity index (χ1) is 9.08. The third kappa shape index (κ3) is 5.08. The summed E-state index contributed by atoms with van der Waals surface area (Å²) < 4.78 is 0. The van der Waals surface area contributed by atoms with Gasteiger partial charge < -0.3 is 10.4 Å². The highest BCUT2D eigenvalue weighted by atomic mass is 32.2. The summed E-state index contributed by atoms with van der Waals surface area (Å²) in [5.74, 6) is 0.648. The van der Waals surface area contributed by atoms with E-state index in [4.69, 9.17) is 5.11 Å². The van der Waals surface area contributed by atoms with Crippen LogP contribution < -0.4 is 5.32 Å². The van der Waals surface area contributed by atoms with Gasteiger partial charge in [-0.25, -0.2) is 0 Å². The number of nitro groups is 1. The molecule has 0 aliphatic rings. The predicted octanol–water partition coefficient (Wildman–Crippen LogP) is 3.03. The number of non-ortho nitro benzene ring substituents is 1. The van der Waals surface area contributed by atoms with Crippen LogP contribution in [0.3, 0.4) is 0 Å². The molecule has 2 N–H and O–H groups in total. The van der Waals surface area contributed by atoms with Crippen LogP contribution >= 0.6 is 11.8 Å². The first-order valence-corrected chi connectivity index (χ1v) is 7.37. The number of thioether (sulfide) groups is 1. The van der Waals surface area contributed by atoms with Crippen molar-refractivity contribution < 1.29 is 10.0 Å². The summed E-state index contributed by atoms with van der Waals surface area (Å²) in [6.45, 7) is 4.95. The minimum absolute atomic E-state index is 0.106. The molecule has 106 valence electrons. The Hall–Kier alpha value is -1.27. The monoisotopic (exact) mass is 284 g/mol. The second-order valence-electron chi connectivity index (χ2n) is 4.33. The summed E-state index contributed by atoms with van der Waals surface area (Å²) in [7, 11) is 0. The SMILES string of the molecule is CCCNc1ccc([N+](=O)[O-])cc1CSC(C)CO. The third-order valence-corrected chi connectivity index (χ3v) is 3.84. The van der Waals surface area contributed by atoms with Gasteiger partial charge in [0.15, 0.2) is 0 Å². The standard InChI is InChI=1S/C13H20N2O3S/c1-3-6-14-13-5-4-12(15(17)18)7-11(13)9-19-10(2)8-16/h4-5,7,10,14,16H,3,6,8-9H2,1-2H3. The Morgan fingerprint density at radius 2 is 2.26 bits per heavy atom. The van der Waals surface area contributed by atoms with Crippen LogP contribution in [0.2, 0.25) is 0 Å². The Balaban J connectivity index is 2.86. The van der Waals surface area contributed by atoms with Crippen molar-refractivity contribution in [2.75, 3.05) is 18.5 Å². The number of aliphatic hydroxyl groups is 1. The second kappa shape index (κ2) is 8.01. The van der Waals surface area contributed by atoms with Gasteiger partial charge in [0.1, 0.15) is 0 Å². The maximum atomic E-state index is 10.8. The summed E-state index contributed by atoms with van der Waals surface area (Å²) in [5, 5.41) is 23.2. The number of hydrogen-bond donors (Lipinski definition) is 2. The average molecular weight is 284 g/mol. The Labute approximate surface area is 117 Å². The summed E-state index contributed by atoms with van der Waals surface area (Å²) in [6, 6.07) is 4.88. The molecule has 0 saturated heterocycles. The lowest BCUT2D eigenvalue weighted by Crippen LogP contribution is -2.06. The van der Waals surface area contributed by atoms with Gasteiger partial charge in [0.05, 0.1) is 11.5 Å². The fourth-order valence-corrected chi connectivity index (χ4v) is 2.34. The van der Waals surface area contributed by atoms with Crippen LogP contribution in [0.5, 0.6) is 0 Å². The fraction of sp³-hybridized carbons (Fsp3) is 0.538. The lowest BCUT2D eigenvalue weighted by atomic mass is 10.1. The highest BCUT2D eigenvalue weighted by Gasteiger charge is 2.12. The molecule has 1 rings (SSSR count). The first kappa shape index (κ1) is 15.8. The normalized spacial score (nSPS) is 12.2. The second-order valence-corrected chi connectivity index (χ2v) is 5.76. The molecule has 6 heteroatoms. The van der Waals surface area contributed by atoms with E-state index in [1.54, 1.807) is 23.9 Å². The number of aliphatic hydroxyl groups excluding tert-OH is 1. The highest BCUT2D eigenvalue weighted by Crippen LogP contribution is 2.27. The molecule has 1 atom stereocenters. The molecule has 0 heterocycles. The molecule has 1 aromatic carbocycles. The topological polar surface area (TPSA) is 75.4 Å². The Morgan fingerprint density at radius 1 is 1.53 bits per heavy atom. The largest absolute Gasteiger partial charge is 0.395 e. The summed E-state index contributed by atoms with van der Waals surface area (Å²) >= 11 is 1.58. The van der Waals surface area contributed by atoms with E-state index in [1.807, 2.05) is 6.92 Å². The van der Waals surface area contributed by atoms with Crippen LogP contribution in [0, 0.1) is 10.1 Å². The zero-order valence-electron chi connectivity index (χ0n) is 11.3. The minimum atomic E-state index is -0.382. The Kier molecular flexibility index (Phi) is 6.66. The summed E-state index contributed by atoms with van der Waals surface area (Å²) in [6.07, 6.45) is 0.997. The van der Waals surface area contributed by atoms with Crippen molar-refractivity contribution in [1.29, 1.82) is 0 Å². The van der Waals surface area contributed by atoms with Crippen molar-refractivity contribution in [3.8, 4) is 0 Å². The zero-order chi connectivity index (χ0) is 14.3. The van der Waals surface area contributed by atoms with Crippen molar-refractivity contribution >= 4 is 23.1 Å². The third-order valence-electron chi connectivity index (χ3n) is 2.65. The summed E-state index contributed by atoms with van der Waals surface area (Å²) in [5.41, 5.74) is 1.95. The minimum Gasteiger partial charge on any atom is -0.395 e. The van der Waals surface area contributed by atoms with Gasteiger partial charge >= 0.3 is 0 Å². The zero-order valence-corrected chi connectivity index (χ0v) is 12.1. The molecule has 0 fully saturated rings. The lowest BCUT2D eigenvalue weighted by Gasteiger charge is -2.13. The van der Waals surface area contributed by atoms with E-state index >= 15 is 0 Å². The molecule has 5 nitrogen and oxygen atoms in total. The molecule has 0 saturated carbocycles. The number of nitrogens with zero attached hydrogens (tertiary/aromatic N) is 1. The van der Waals surface area contributed by atoms with E-state index in [2.05, 4.69) is 12.2 Å². The number of nitrogens with one attached hydrogen (secondary N) is 1. The predicted molar refractivity (Wildman–Crippen MR) is 79.7 cm³/mol. The van der Waals surface area contributed by atoms with Crippen LogP contribution in [0.25, 0.3) is 0 Å². The van der Waals surface area contributed by atoms with Gasteiger partial charge in [-0.15, -0.1) is 0 Å². The van der Waals surface area contributed by atoms with Gasteiger partial charge in [-0.1, -0.05) is 13.8 Å². The van der Waals surface area contributed by atoms with Crippen LogP contribution in [0.4, 0.5) is 11.4 Å². The lowest BCUT2D eigenvalue weighted by molar-refractivity contribution is -0.384. The van der Waals surface area contributed by atoms with Gasteiger partial charge in [-0.3, -0.25) is 10.1 Å². The summed E-state index contributed by atoms with van der Waals surface area (Å²) in [4.78, 5) is 10.4. The average Bonchev–Trinajstić information content (AvgIpc) is 2.42. The Morgan fingerprint density at radius 3 is 2.84 bits per heavy atom. The van der Waals surface area contributed by atoms with Crippen molar-refractivity contribution in [2.45, 2.75) is 31.3 Å². The highest BCUT2D eigenvalue weighted by molar-refractivity contribution is 7.99. The molecular formula is C13H20N2O3S. The number of benzene rings is 1. The van der Waals surface area contributed by atoms with Crippen LogP contribution in [-0.2, 0) is 5.75 Å².